The third-order valence-corrected chi connectivity index (χ3v) is 7.12. The molecule has 3 aromatic carbocycles. The molecule has 0 aliphatic heterocycles. The van der Waals surface area contributed by atoms with Gasteiger partial charge >= 0.3 is 12.4 Å². The predicted octanol–water partition coefficient (Wildman–Crippen LogP) is 8.02. The molecule has 0 aliphatic rings. The van der Waals surface area contributed by atoms with E-state index in [-0.39, 0.29) is 23.2 Å². The second-order valence-electron chi connectivity index (χ2n) is 9.60. The number of benzene rings is 3. The summed E-state index contributed by atoms with van der Waals surface area (Å²) in [7, 11) is 0. The van der Waals surface area contributed by atoms with Gasteiger partial charge in [-0.2, -0.15) is 26.3 Å². The van der Waals surface area contributed by atoms with Crippen LogP contribution in [0.1, 0.15) is 34.9 Å². The van der Waals surface area contributed by atoms with Crippen molar-refractivity contribution >= 4 is 17.5 Å². The number of alkyl halides is 6. The Labute approximate surface area is 236 Å². The Morgan fingerprint density at radius 2 is 1.39 bits per heavy atom. The molecule has 0 fully saturated rings. The average molecular weight is 595 g/mol. The van der Waals surface area contributed by atoms with E-state index in [2.05, 4.69) is 10.3 Å². The SMILES string of the molecule is C[C@](C(=O)N[C@@](Cc1ccccc1)(c1cc(F)cc(C(F)(F)F)c1)c1ccc(Cl)cn1)(c1ccccc1)C(F)(F)F. The van der Waals surface area contributed by atoms with Crippen LogP contribution in [-0.4, -0.2) is 17.1 Å². The molecule has 1 N–H and O–H groups in total. The molecular weight excluding hydrogens is 573 g/mol. The number of halogens is 8. The van der Waals surface area contributed by atoms with E-state index in [1.807, 2.05) is 0 Å². The minimum absolute atomic E-state index is 0.119. The summed E-state index contributed by atoms with van der Waals surface area (Å²) < 4.78 is 100. The monoisotopic (exact) mass is 594 g/mol. The summed E-state index contributed by atoms with van der Waals surface area (Å²) >= 11 is 5.99. The molecule has 0 bridgehead atoms. The molecule has 4 rings (SSSR count). The second-order valence-corrected chi connectivity index (χ2v) is 10.0. The van der Waals surface area contributed by atoms with Crippen LogP contribution in [0.15, 0.2) is 97.2 Å². The van der Waals surface area contributed by atoms with E-state index in [0.29, 0.717) is 18.6 Å². The fourth-order valence-electron chi connectivity index (χ4n) is 4.56. The number of nitrogens with zero attached hydrogens (tertiary/aromatic N) is 1. The standard InChI is InChI=1S/C30H22ClF7N2O/c1-27(30(36,37)38,20-10-6-3-7-11-20)26(41)40-28(17-19-8-4-2-5-9-19,25-13-12-23(31)18-39-25)21-14-22(29(33,34)35)16-24(32)15-21/h2-16,18H,17H2,1H3,(H,40,41)/t27-,28+/m1/s1. The van der Waals surface area contributed by atoms with Gasteiger partial charge < -0.3 is 5.32 Å². The van der Waals surface area contributed by atoms with Crippen molar-refractivity contribution in [1.82, 2.24) is 10.3 Å². The molecule has 0 saturated heterocycles. The fourth-order valence-corrected chi connectivity index (χ4v) is 4.68. The summed E-state index contributed by atoms with van der Waals surface area (Å²) in [6.07, 6.45) is -9.38. The van der Waals surface area contributed by atoms with Crippen molar-refractivity contribution in [3.8, 4) is 0 Å². The van der Waals surface area contributed by atoms with Crippen LogP contribution in [0.3, 0.4) is 0 Å². The highest BCUT2D eigenvalue weighted by Gasteiger charge is 2.59. The highest BCUT2D eigenvalue weighted by Crippen LogP contribution is 2.44. The third kappa shape index (κ3) is 6.07. The second kappa shape index (κ2) is 11.2. The van der Waals surface area contributed by atoms with Gasteiger partial charge in [0.15, 0.2) is 5.41 Å². The number of rotatable bonds is 7. The lowest BCUT2D eigenvalue weighted by Gasteiger charge is -2.40. The molecule has 1 amide bonds. The summed E-state index contributed by atoms with van der Waals surface area (Å²) in [5.74, 6) is -2.89. The normalized spacial score (nSPS) is 15.0. The van der Waals surface area contributed by atoms with Crippen LogP contribution in [0.25, 0.3) is 0 Å². The highest BCUT2D eigenvalue weighted by molar-refractivity contribution is 6.30. The van der Waals surface area contributed by atoms with Crippen molar-refractivity contribution in [2.24, 2.45) is 0 Å². The number of hydrogen-bond acceptors (Lipinski definition) is 2. The third-order valence-electron chi connectivity index (χ3n) is 6.89. The molecule has 1 aromatic heterocycles. The average Bonchev–Trinajstić information content (AvgIpc) is 2.92. The molecule has 214 valence electrons. The Morgan fingerprint density at radius 1 is 0.805 bits per heavy atom. The molecule has 1 heterocycles. The first-order valence-electron chi connectivity index (χ1n) is 12.2. The van der Waals surface area contributed by atoms with Gasteiger partial charge in [-0.05, 0) is 53.9 Å². The molecule has 0 unspecified atom stereocenters. The minimum Gasteiger partial charge on any atom is -0.340 e. The fraction of sp³-hybridized carbons (Fsp3) is 0.200. The van der Waals surface area contributed by atoms with Crippen molar-refractivity contribution in [2.75, 3.05) is 0 Å². The van der Waals surface area contributed by atoms with E-state index in [4.69, 9.17) is 11.6 Å². The first-order valence-corrected chi connectivity index (χ1v) is 12.5. The maximum atomic E-state index is 14.8. The zero-order valence-corrected chi connectivity index (χ0v) is 22.1. The predicted molar refractivity (Wildman–Crippen MR) is 140 cm³/mol. The summed E-state index contributed by atoms with van der Waals surface area (Å²) in [4.78, 5) is 18.1. The van der Waals surface area contributed by atoms with Gasteiger partial charge in [0, 0.05) is 12.6 Å². The maximum absolute atomic E-state index is 14.8. The molecule has 0 saturated carbocycles. The summed E-state index contributed by atoms with van der Waals surface area (Å²) in [5, 5.41) is 2.50. The zero-order chi connectivity index (χ0) is 30.1. The smallest absolute Gasteiger partial charge is 0.340 e. The first kappa shape index (κ1) is 30.0. The lowest BCUT2D eigenvalue weighted by molar-refractivity contribution is -0.192. The number of aromatic nitrogens is 1. The Balaban J connectivity index is 2.03. The van der Waals surface area contributed by atoms with Crippen LogP contribution in [-0.2, 0) is 28.3 Å². The van der Waals surface area contributed by atoms with E-state index in [1.54, 1.807) is 30.3 Å². The van der Waals surface area contributed by atoms with Crippen molar-refractivity contribution in [3.05, 3.63) is 136 Å². The van der Waals surface area contributed by atoms with Gasteiger partial charge in [0.25, 0.3) is 0 Å². The molecule has 0 radical (unpaired) electrons. The van der Waals surface area contributed by atoms with Crippen molar-refractivity contribution in [2.45, 2.75) is 36.7 Å². The Hall–Kier alpha value is -3.92. The highest BCUT2D eigenvalue weighted by atomic mass is 35.5. The number of nitrogens with one attached hydrogen (secondary N) is 1. The number of carbonyl (C=O) groups excluding carboxylic acids is 1. The van der Waals surface area contributed by atoms with E-state index >= 15 is 0 Å². The molecule has 41 heavy (non-hydrogen) atoms. The van der Waals surface area contributed by atoms with Gasteiger partial charge in [-0.1, -0.05) is 72.3 Å². The summed E-state index contributed by atoms with van der Waals surface area (Å²) in [6, 6.07) is 18.5. The van der Waals surface area contributed by atoms with Gasteiger partial charge in [0.1, 0.15) is 11.4 Å². The van der Waals surface area contributed by atoms with Crippen LogP contribution in [0.4, 0.5) is 30.7 Å². The molecule has 2 atom stereocenters. The number of carbonyl (C=O) groups is 1. The van der Waals surface area contributed by atoms with Crippen LogP contribution in [0.5, 0.6) is 0 Å². The van der Waals surface area contributed by atoms with E-state index in [9.17, 15) is 35.5 Å². The lowest BCUT2D eigenvalue weighted by atomic mass is 9.76. The van der Waals surface area contributed by atoms with Gasteiger partial charge in [0.05, 0.1) is 16.3 Å². The van der Waals surface area contributed by atoms with Crippen LogP contribution in [0, 0.1) is 5.82 Å². The van der Waals surface area contributed by atoms with Gasteiger partial charge in [-0.3, -0.25) is 9.78 Å². The van der Waals surface area contributed by atoms with E-state index in [0.717, 1.165) is 24.4 Å². The van der Waals surface area contributed by atoms with Crippen molar-refractivity contribution in [1.29, 1.82) is 0 Å². The van der Waals surface area contributed by atoms with Crippen LogP contribution >= 0.6 is 11.6 Å². The van der Waals surface area contributed by atoms with Crippen LogP contribution in [0.2, 0.25) is 5.02 Å². The maximum Gasteiger partial charge on any atom is 0.416 e. The molecular formula is C30H22ClF7N2O. The molecule has 0 aliphatic carbocycles. The molecule has 0 spiro atoms. The van der Waals surface area contributed by atoms with Gasteiger partial charge in [-0.15, -0.1) is 0 Å². The first-order chi connectivity index (χ1) is 19.2. The number of hydrogen-bond donors (Lipinski definition) is 1. The van der Waals surface area contributed by atoms with Crippen LogP contribution < -0.4 is 5.32 Å². The molecule has 11 heteroatoms. The molecule has 3 nitrogen and oxygen atoms in total. The summed E-state index contributed by atoms with van der Waals surface area (Å²) in [6.45, 7) is 0.674. The van der Waals surface area contributed by atoms with E-state index in [1.165, 1.54) is 30.3 Å². The van der Waals surface area contributed by atoms with Gasteiger partial charge in [-0.25, -0.2) is 4.39 Å². The summed E-state index contributed by atoms with van der Waals surface area (Å²) in [5.41, 5.74) is -7.36. The Bertz CT molecular complexity index is 1510. The molecule has 4 aromatic rings. The lowest BCUT2D eigenvalue weighted by Crippen LogP contribution is -2.59. The Morgan fingerprint density at radius 3 is 1.93 bits per heavy atom. The largest absolute Gasteiger partial charge is 0.416 e. The zero-order valence-electron chi connectivity index (χ0n) is 21.3. The Kier molecular flexibility index (Phi) is 8.18. The minimum atomic E-state index is -5.14. The van der Waals surface area contributed by atoms with Crippen molar-refractivity contribution in [3.63, 3.8) is 0 Å². The number of amides is 1. The topological polar surface area (TPSA) is 42.0 Å². The van der Waals surface area contributed by atoms with Crippen molar-refractivity contribution < 1.29 is 35.5 Å². The van der Waals surface area contributed by atoms with E-state index < -0.39 is 51.7 Å². The number of pyridine rings is 1. The van der Waals surface area contributed by atoms with Gasteiger partial charge in [0.2, 0.25) is 5.91 Å². The quantitative estimate of drug-likeness (QED) is 0.220.